The Hall–Kier alpha value is -3.51. The Kier molecular flexibility index (Phi) is 3.29. The van der Waals surface area contributed by atoms with Gasteiger partial charge in [0.05, 0.1) is 17.7 Å². The predicted octanol–water partition coefficient (Wildman–Crippen LogP) is 5.15. The van der Waals surface area contributed by atoms with Crippen molar-refractivity contribution in [2.45, 2.75) is 12.5 Å². The van der Waals surface area contributed by atoms with Gasteiger partial charge in [0.1, 0.15) is 0 Å². The second kappa shape index (κ2) is 5.79. The number of rotatable bonds is 1. The van der Waals surface area contributed by atoms with Crippen molar-refractivity contribution in [1.82, 2.24) is 4.98 Å². The summed E-state index contributed by atoms with van der Waals surface area (Å²) in [5.74, 6) is 0. The zero-order valence-corrected chi connectivity index (χ0v) is 14.2. The van der Waals surface area contributed by atoms with Gasteiger partial charge in [-0.25, -0.2) is 0 Å². The second-order valence-corrected chi connectivity index (χ2v) is 6.71. The van der Waals surface area contributed by atoms with Crippen LogP contribution in [0.3, 0.4) is 0 Å². The van der Waals surface area contributed by atoms with Crippen molar-refractivity contribution in [2.24, 2.45) is 0 Å². The molecule has 0 fully saturated rings. The molecule has 3 aromatic carbocycles. The smallest absolute Gasteiger partial charge is 0.0991 e. The van der Waals surface area contributed by atoms with Gasteiger partial charge in [-0.3, -0.25) is 0 Å². The fourth-order valence-corrected chi connectivity index (χ4v) is 3.89. The first-order chi connectivity index (χ1) is 12.8. The highest BCUT2D eigenvalue weighted by Crippen LogP contribution is 2.38. The monoisotopic (exact) mass is 335 g/mol. The van der Waals surface area contributed by atoms with Crippen LogP contribution in [0.4, 0.5) is 5.69 Å². The van der Waals surface area contributed by atoms with Gasteiger partial charge in [0.2, 0.25) is 0 Å². The van der Waals surface area contributed by atoms with Crippen LogP contribution < -0.4 is 5.32 Å². The normalized spacial score (nSPS) is 15.4. The minimum atomic E-state index is 0.0220. The topological polar surface area (TPSA) is 51.6 Å². The van der Waals surface area contributed by atoms with Crippen LogP contribution in [-0.4, -0.2) is 4.98 Å². The molecule has 3 nitrogen and oxygen atoms in total. The molecule has 0 saturated heterocycles. The molecular formula is C23H17N3. The number of nitriles is 1. The molecule has 0 amide bonds. The highest BCUT2D eigenvalue weighted by molar-refractivity contribution is 5.86. The number of anilines is 1. The molecule has 0 aliphatic carbocycles. The summed E-state index contributed by atoms with van der Waals surface area (Å²) in [4.78, 5) is 3.64. The van der Waals surface area contributed by atoms with Gasteiger partial charge in [0, 0.05) is 28.7 Å². The van der Waals surface area contributed by atoms with E-state index < -0.39 is 0 Å². The molecule has 5 rings (SSSR count). The van der Waals surface area contributed by atoms with Crippen LogP contribution in [0.1, 0.15) is 34.0 Å². The molecule has 26 heavy (non-hydrogen) atoms. The maximum atomic E-state index is 9.10. The Labute approximate surface area is 151 Å². The minimum absolute atomic E-state index is 0.0220. The summed E-state index contributed by atoms with van der Waals surface area (Å²) >= 11 is 0. The first kappa shape index (κ1) is 14.8. The van der Waals surface area contributed by atoms with Crippen molar-refractivity contribution in [2.75, 3.05) is 5.32 Å². The summed E-state index contributed by atoms with van der Waals surface area (Å²) in [6.45, 7) is 0. The van der Waals surface area contributed by atoms with E-state index in [4.69, 9.17) is 5.26 Å². The average Bonchev–Trinajstić information content (AvgIpc) is 2.97. The van der Waals surface area contributed by atoms with E-state index in [0.717, 1.165) is 23.2 Å². The zero-order chi connectivity index (χ0) is 17.5. The van der Waals surface area contributed by atoms with Crippen molar-refractivity contribution in [3.8, 4) is 6.07 Å². The standard InChI is InChI=1S/C23H17N3/c24-14-15-9-11-16(12-10-15)22-23-19(18-6-2-4-8-21(18)26-23)13-17-5-1-3-7-20(17)25-22/h1-12,22,25-26H,13H2. The highest BCUT2D eigenvalue weighted by Gasteiger charge is 2.26. The lowest BCUT2D eigenvalue weighted by atomic mass is 9.97. The molecule has 124 valence electrons. The highest BCUT2D eigenvalue weighted by atomic mass is 15.0. The first-order valence-corrected chi connectivity index (χ1v) is 8.77. The van der Waals surface area contributed by atoms with Crippen molar-refractivity contribution >= 4 is 16.6 Å². The van der Waals surface area contributed by atoms with Crippen molar-refractivity contribution in [3.05, 3.63) is 101 Å². The number of para-hydroxylation sites is 2. The summed E-state index contributed by atoms with van der Waals surface area (Å²) in [5.41, 5.74) is 8.00. The van der Waals surface area contributed by atoms with Crippen LogP contribution in [0.2, 0.25) is 0 Å². The third-order valence-corrected chi connectivity index (χ3v) is 5.19. The number of nitrogens with zero attached hydrogens (tertiary/aromatic N) is 1. The Morgan fingerprint density at radius 2 is 1.65 bits per heavy atom. The van der Waals surface area contributed by atoms with Gasteiger partial charge in [-0.15, -0.1) is 0 Å². The lowest BCUT2D eigenvalue weighted by Crippen LogP contribution is -2.12. The lowest BCUT2D eigenvalue weighted by Gasteiger charge is -2.19. The van der Waals surface area contributed by atoms with Gasteiger partial charge in [-0.1, -0.05) is 48.5 Å². The van der Waals surface area contributed by atoms with Crippen LogP contribution >= 0.6 is 0 Å². The Balaban J connectivity index is 1.74. The van der Waals surface area contributed by atoms with Gasteiger partial charge >= 0.3 is 0 Å². The predicted molar refractivity (Wildman–Crippen MR) is 104 cm³/mol. The molecule has 0 bridgehead atoms. The summed E-state index contributed by atoms with van der Waals surface area (Å²) in [6, 6.07) is 27.0. The van der Waals surface area contributed by atoms with E-state index in [0.29, 0.717) is 5.56 Å². The number of hydrogen-bond donors (Lipinski definition) is 2. The number of aromatic amines is 1. The van der Waals surface area contributed by atoms with Gasteiger partial charge < -0.3 is 10.3 Å². The third kappa shape index (κ3) is 2.28. The number of nitrogens with one attached hydrogen (secondary N) is 2. The number of fused-ring (bicyclic) bond motifs is 4. The largest absolute Gasteiger partial charge is 0.373 e. The minimum Gasteiger partial charge on any atom is -0.373 e. The van der Waals surface area contributed by atoms with E-state index in [2.05, 4.69) is 64.9 Å². The van der Waals surface area contributed by atoms with Crippen LogP contribution in [0.5, 0.6) is 0 Å². The van der Waals surface area contributed by atoms with Gasteiger partial charge in [0.15, 0.2) is 0 Å². The van der Waals surface area contributed by atoms with Crippen LogP contribution in [0.15, 0.2) is 72.8 Å². The van der Waals surface area contributed by atoms with Crippen molar-refractivity contribution in [3.63, 3.8) is 0 Å². The fraction of sp³-hybridized carbons (Fsp3) is 0.0870. The number of hydrogen-bond acceptors (Lipinski definition) is 2. The molecule has 1 unspecified atom stereocenters. The van der Waals surface area contributed by atoms with Crippen LogP contribution in [0, 0.1) is 11.3 Å². The molecule has 3 heteroatoms. The number of H-pyrrole nitrogens is 1. The quantitative estimate of drug-likeness (QED) is 0.506. The maximum absolute atomic E-state index is 9.10. The molecular weight excluding hydrogens is 318 g/mol. The second-order valence-electron chi connectivity index (χ2n) is 6.71. The molecule has 1 aromatic heterocycles. The summed E-state index contributed by atoms with van der Waals surface area (Å²) < 4.78 is 0. The van der Waals surface area contributed by atoms with Crippen LogP contribution in [0.25, 0.3) is 10.9 Å². The van der Waals surface area contributed by atoms with Crippen LogP contribution in [-0.2, 0) is 6.42 Å². The van der Waals surface area contributed by atoms with Gasteiger partial charge in [0.25, 0.3) is 0 Å². The van der Waals surface area contributed by atoms with Gasteiger partial charge in [-0.2, -0.15) is 5.26 Å². The molecule has 1 atom stereocenters. The van der Waals surface area contributed by atoms with E-state index >= 15 is 0 Å². The summed E-state index contributed by atoms with van der Waals surface area (Å²) in [7, 11) is 0. The Morgan fingerprint density at radius 1 is 0.885 bits per heavy atom. The Morgan fingerprint density at radius 3 is 2.50 bits per heavy atom. The zero-order valence-electron chi connectivity index (χ0n) is 14.2. The SMILES string of the molecule is N#Cc1ccc(C2Nc3ccccc3Cc3c2[nH]c2ccccc32)cc1. The molecule has 2 heterocycles. The van der Waals surface area contributed by atoms with E-state index in [1.807, 2.05) is 24.3 Å². The molecule has 1 aliphatic rings. The number of benzene rings is 3. The van der Waals surface area contributed by atoms with Crippen molar-refractivity contribution in [1.29, 1.82) is 5.26 Å². The fourth-order valence-electron chi connectivity index (χ4n) is 3.89. The molecule has 1 aliphatic heterocycles. The van der Waals surface area contributed by atoms with Crippen molar-refractivity contribution < 1.29 is 0 Å². The van der Waals surface area contributed by atoms with Gasteiger partial charge in [-0.05, 0) is 41.0 Å². The Bertz CT molecular complexity index is 1150. The van der Waals surface area contributed by atoms with E-state index in [1.54, 1.807) is 0 Å². The molecule has 2 N–H and O–H groups in total. The molecule has 0 radical (unpaired) electrons. The molecule has 0 spiro atoms. The maximum Gasteiger partial charge on any atom is 0.0991 e. The molecule has 0 saturated carbocycles. The first-order valence-electron chi connectivity index (χ1n) is 8.77. The summed E-state index contributed by atoms with van der Waals surface area (Å²) in [6.07, 6.45) is 0.898. The third-order valence-electron chi connectivity index (χ3n) is 5.19. The van der Waals surface area contributed by atoms with E-state index in [-0.39, 0.29) is 6.04 Å². The molecule has 4 aromatic rings. The number of aromatic nitrogens is 1. The summed E-state index contributed by atoms with van der Waals surface area (Å²) in [5, 5.41) is 14.1. The van der Waals surface area contributed by atoms with E-state index in [1.165, 1.54) is 22.2 Å². The van der Waals surface area contributed by atoms with E-state index in [9.17, 15) is 0 Å². The lowest BCUT2D eigenvalue weighted by molar-refractivity contribution is 0.900. The average molecular weight is 335 g/mol.